The number of amides is 1. The van der Waals surface area contributed by atoms with Crippen molar-refractivity contribution in [3.05, 3.63) is 53.5 Å². The van der Waals surface area contributed by atoms with Gasteiger partial charge >= 0.3 is 6.36 Å². The van der Waals surface area contributed by atoms with Crippen molar-refractivity contribution in [2.45, 2.75) is 52.3 Å². The number of carbonyl (C=O) groups is 1. The van der Waals surface area contributed by atoms with Crippen molar-refractivity contribution >= 4 is 17.2 Å². The lowest BCUT2D eigenvalue weighted by Crippen LogP contribution is -2.49. The zero-order valence-electron chi connectivity index (χ0n) is 20.4. The second kappa shape index (κ2) is 9.29. The lowest BCUT2D eigenvalue weighted by atomic mass is 9.57. The first-order chi connectivity index (χ1) is 17.2. The number of alkyl halides is 3. The summed E-state index contributed by atoms with van der Waals surface area (Å²) in [6.07, 6.45) is 1.91. The summed E-state index contributed by atoms with van der Waals surface area (Å²) in [7, 11) is 0. The molecule has 0 bridgehead atoms. The number of hydrogen-bond donors (Lipinski definition) is 1. The minimum absolute atomic E-state index is 0.117. The van der Waals surface area contributed by atoms with Gasteiger partial charge in [0, 0.05) is 37.2 Å². The van der Waals surface area contributed by atoms with Crippen LogP contribution in [0.4, 0.5) is 18.9 Å². The molecule has 3 heterocycles. The number of hydrogen-bond acceptors (Lipinski definition) is 5. The first-order valence-electron chi connectivity index (χ1n) is 12.4. The Morgan fingerprint density at radius 1 is 1.17 bits per heavy atom. The number of rotatable bonds is 6. The van der Waals surface area contributed by atoms with E-state index in [0.29, 0.717) is 35.5 Å². The summed E-state index contributed by atoms with van der Waals surface area (Å²) in [5.74, 6) is 0.124. The molecule has 5 rings (SSSR count). The molecule has 0 unspecified atom stereocenters. The van der Waals surface area contributed by atoms with E-state index in [1.807, 2.05) is 19.9 Å². The van der Waals surface area contributed by atoms with Crippen LogP contribution in [0.1, 0.15) is 54.4 Å². The number of fused-ring (bicyclic) bond motifs is 1. The van der Waals surface area contributed by atoms with E-state index >= 15 is 0 Å². The minimum atomic E-state index is -4.68. The number of benzene rings is 1. The number of aromatic nitrogens is 3. The van der Waals surface area contributed by atoms with Crippen molar-refractivity contribution in [3.8, 4) is 5.75 Å². The van der Waals surface area contributed by atoms with Gasteiger partial charge in [0.1, 0.15) is 11.3 Å². The van der Waals surface area contributed by atoms with E-state index in [4.69, 9.17) is 0 Å². The van der Waals surface area contributed by atoms with Crippen LogP contribution < -0.4 is 15.0 Å². The lowest BCUT2D eigenvalue weighted by molar-refractivity contribution is -0.274. The van der Waals surface area contributed by atoms with Crippen molar-refractivity contribution < 1.29 is 22.7 Å². The van der Waals surface area contributed by atoms with Gasteiger partial charge in [0.15, 0.2) is 5.65 Å². The van der Waals surface area contributed by atoms with Crippen LogP contribution in [0.25, 0.3) is 5.65 Å². The number of anilines is 1. The Morgan fingerprint density at radius 3 is 2.50 bits per heavy atom. The molecule has 1 N–H and O–H groups in total. The molecule has 10 heteroatoms. The van der Waals surface area contributed by atoms with E-state index in [1.165, 1.54) is 12.1 Å². The maximum atomic E-state index is 13.0. The summed E-state index contributed by atoms with van der Waals surface area (Å²) >= 11 is 0. The first kappa shape index (κ1) is 24.4. The number of piperidine rings is 1. The van der Waals surface area contributed by atoms with Crippen molar-refractivity contribution in [1.29, 1.82) is 0 Å². The maximum Gasteiger partial charge on any atom is 0.573 e. The van der Waals surface area contributed by atoms with Gasteiger partial charge in [-0.05, 0) is 80.7 Å². The molecule has 1 amide bonds. The largest absolute Gasteiger partial charge is 0.573 e. The lowest BCUT2D eigenvalue weighted by Gasteiger charge is -2.52. The normalized spacial score (nSPS) is 17.9. The highest BCUT2D eigenvalue weighted by Crippen LogP contribution is 2.52. The molecule has 3 aromatic rings. The predicted octanol–water partition coefficient (Wildman–Crippen LogP) is 4.93. The van der Waals surface area contributed by atoms with Crippen LogP contribution in [0.5, 0.6) is 5.75 Å². The molecule has 36 heavy (non-hydrogen) atoms. The van der Waals surface area contributed by atoms with E-state index < -0.39 is 6.36 Å². The van der Waals surface area contributed by atoms with Gasteiger partial charge in [-0.2, -0.15) is 5.10 Å². The van der Waals surface area contributed by atoms with Gasteiger partial charge in [-0.1, -0.05) is 6.92 Å². The minimum Gasteiger partial charge on any atom is -0.406 e. The molecule has 0 atom stereocenters. The van der Waals surface area contributed by atoms with Crippen LogP contribution >= 0.6 is 0 Å². The quantitative estimate of drug-likeness (QED) is 0.519. The average molecular weight is 502 g/mol. The van der Waals surface area contributed by atoms with Crippen molar-refractivity contribution in [2.24, 2.45) is 11.3 Å². The number of nitrogens with one attached hydrogen (secondary N) is 1. The summed E-state index contributed by atoms with van der Waals surface area (Å²) in [5, 5.41) is 7.68. The highest BCUT2D eigenvalue weighted by atomic mass is 19.4. The maximum absolute atomic E-state index is 13.0. The molecule has 1 aliphatic heterocycles. The molecule has 2 fully saturated rings. The molecule has 2 aliphatic rings. The summed E-state index contributed by atoms with van der Waals surface area (Å²) in [5.41, 5.74) is 4.06. The van der Waals surface area contributed by atoms with Crippen molar-refractivity contribution in [1.82, 2.24) is 19.9 Å². The Morgan fingerprint density at radius 2 is 1.86 bits per heavy atom. The molecule has 0 radical (unpaired) electrons. The molecule has 1 aromatic carbocycles. The van der Waals surface area contributed by atoms with Crippen molar-refractivity contribution in [3.63, 3.8) is 0 Å². The monoisotopic (exact) mass is 501 g/mol. The smallest absolute Gasteiger partial charge is 0.406 e. The van der Waals surface area contributed by atoms with E-state index in [0.717, 1.165) is 55.8 Å². The van der Waals surface area contributed by atoms with Gasteiger partial charge in [-0.3, -0.25) is 4.79 Å². The summed E-state index contributed by atoms with van der Waals surface area (Å²) < 4.78 is 42.8. The van der Waals surface area contributed by atoms with E-state index in [2.05, 4.69) is 25.0 Å². The number of nitrogens with zero attached hydrogens (tertiary/aromatic N) is 4. The Bertz CT molecular complexity index is 1240. The number of halogens is 3. The van der Waals surface area contributed by atoms with Crippen LogP contribution in [0.15, 0.2) is 36.5 Å². The number of ether oxygens (including phenoxy) is 1. The summed E-state index contributed by atoms with van der Waals surface area (Å²) in [4.78, 5) is 19.6. The molecule has 7 nitrogen and oxygen atoms in total. The van der Waals surface area contributed by atoms with Crippen molar-refractivity contribution in [2.75, 3.05) is 24.5 Å². The van der Waals surface area contributed by atoms with Crippen LogP contribution in [0, 0.1) is 18.3 Å². The fraction of sp³-hybridized carbons (Fsp3) is 0.500. The predicted molar refractivity (Wildman–Crippen MR) is 129 cm³/mol. The van der Waals surface area contributed by atoms with E-state index in [1.54, 1.807) is 22.8 Å². The highest BCUT2D eigenvalue weighted by molar-refractivity contribution is 6.01. The zero-order valence-corrected chi connectivity index (χ0v) is 20.4. The molecular weight excluding hydrogens is 471 g/mol. The topological polar surface area (TPSA) is 71.8 Å². The van der Waals surface area contributed by atoms with Crippen LogP contribution in [-0.4, -0.2) is 46.5 Å². The molecule has 192 valence electrons. The third-order valence-electron chi connectivity index (χ3n) is 7.60. The standard InChI is InChI=1S/C26H30F3N5O2/c1-3-21-22(23-30-11-8-17(2)34(23)32-21)24(35)31-16-18-14-25(15-18)9-12-33(13-10-25)19-4-6-20(7-5-19)36-26(27,28)29/h4-8,11,18H,3,9-10,12-16H2,1-2H3,(H,31,35). The third-order valence-corrected chi connectivity index (χ3v) is 7.60. The Labute approximate surface area is 207 Å². The molecule has 2 aromatic heterocycles. The van der Waals surface area contributed by atoms with Gasteiger partial charge in [-0.25, -0.2) is 9.50 Å². The second-order valence-electron chi connectivity index (χ2n) is 10.0. The molecule has 1 saturated carbocycles. The average Bonchev–Trinajstić information content (AvgIpc) is 3.21. The van der Waals surface area contributed by atoms with Gasteiger partial charge in [0.25, 0.3) is 5.91 Å². The second-order valence-corrected chi connectivity index (χ2v) is 10.0. The molecule has 1 aliphatic carbocycles. The van der Waals surface area contributed by atoms with Gasteiger partial charge < -0.3 is 15.0 Å². The molecule has 1 spiro atoms. The van der Waals surface area contributed by atoms with E-state index in [9.17, 15) is 18.0 Å². The van der Waals surface area contributed by atoms with Crippen LogP contribution in [0.2, 0.25) is 0 Å². The number of carbonyl (C=O) groups excluding carboxylic acids is 1. The highest BCUT2D eigenvalue weighted by Gasteiger charge is 2.45. The van der Waals surface area contributed by atoms with Gasteiger partial charge in [0.05, 0.1) is 5.69 Å². The van der Waals surface area contributed by atoms with E-state index in [-0.39, 0.29) is 11.7 Å². The van der Waals surface area contributed by atoms with Gasteiger partial charge in [-0.15, -0.1) is 13.2 Å². The van der Waals surface area contributed by atoms with Crippen LogP contribution in [-0.2, 0) is 6.42 Å². The van der Waals surface area contributed by atoms with Gasteiger partial charge in [0.2, 0.25) is 0 Å². The molecule has 1 saturated heterocycles. The Kier molecular flexibility index (Phi) is 6.30. The zero-order chi connectivity index (χ0) is 25.5. The van der Waals surface area contributed by atoms with Crippen LogP contribution in [0.3, 0.4) is 0 Å². The summed E-state index contributed by atoms with van der Waals surface area (Å²) in [6, 6.07) is 7.96. The summed E-state index contributed by atoms with van der Waals surface area (Å²) in [6.45, 7) is 6.30. The number of aryl methyl sites for hydroxylation is 2. The first-order valence-corrected chi connectivity index (χ1v) is 12.4. The Hall–Kier alpha value is -3.30. The SMILES string of the molecule is CCc1nn2c(C)ccnc2c1C(=O)NCC1CC2(CCN(c3ccc(OC(F)(F)F)cc3)CC2)C1. The fourth-order valence-electron chi connectivity index (χ4n) is 5.73. The fourth-order valence-corrected chi connectivity index (χ4v) is 5.73. The molecular formula is C26H30F3N5O2. The third kappa shape index (κ3) is 4.85. The Balaban J connectivity index is 1.12.